The van der Waals surface area contributed by atoms with Gasteiger partial charge in [-0.05, 0) is 11.1 Å². The van der Waals surface area contributed by atoms with Crippen LogP contribution in [0.2, 0.25) is 0 Å². The molecule has 146 valence electrons. The Morgan fingerprint density at radius 1 is 0.759 bits per heavy atom. The lowest BCUT2D eigenvalue weighted by molar-refractivity contribution is -0.143. The van der Waals surface area contributed by atoms with Crippen LogP contribution in [0.1, 0.15) is 33.4 Å². The summed E-state index contributed by atoms with van der Waals surface area (Å²) >= 11 is 0. The highest BCUT2D eigenvalue weighted by atomic mass is 16.5. The maximum Gasteiger partial charge on any atom is 0.323 e. The Morgan fingerprint density at radius 2 is 1.28 bits per heavy atom. The van der Waals surface area contributed by atoms with E-state index in [1.807, 2.05) is 91.0 Å². The number of ketones is 1. The van der Waals surface area contributed by atoms with Crippen LogP contribution >= 0.6 is 0 Å². The van der Waals surface area contributed by atoms with Crippen molar-refractivity contribution < 1.29 is 14.3 Å². The van der Waals surface area contributed by atoms with Gasteiger partial charge >= 0.3 is 5.97 Å². The van der Waals surface area contributed by atoms with Crippen molar-refractivity contribution in [2.24, 2.45) is 5.92 Å². The maximum absolute atomic E-state index is 13.7. The van der Waals surface area contributed by atoms with E-state index >= 15 is 0 Å². The summed E-state index contributed by atoms with van der Waals surface area (Å²) in [5.41, 5.74) is 2.57. The Bertz CT molecular complexity index is 973. The number of ether oxygens (including phenoxy) is 1. The van der Waals surface area contributed by atoms with Gasteiger partial charge in [0.05, 0.1) is 13.0 Å². The number of esters is 1. The van der Waals surface area contributed by atoms with E-state index in [0.29, 0.717) is 5.56 Å². The van der Waals surface area contributed by atoms with Crippen LogP contribution in [-0.4, -0.2) is 24.9 Å². The fraction of sp³-hybridized carbons (Fsp3) is 0.200. The van der Waals surface area contributed by atoms with Crippen LogP contribution in [0.25, 0.3) is 0 Å². The predicted molar refractivity (Wildman–Crippen MR) is 112 cm³/mol. The third kappa shape index (κ3) is 3.71. The largest absolute Gasteiger partial charge is 0.468 e. The second-order valence-electron chi connectivity index (χ2n) is 7.25. The summed E-state index contributed by atoms with van der Waals surface area (Å²) in [6.45, 7) is 0. The van der Waals surface area contributed by atoms with Gasteiger partial charge in [-0.3, -0.25) is 14.9 Å². The molecule has 4 atom stereocenters. The second-order valence-corrected chi connectivity index (χ2v) is 7.25. The van der Waals surface area contributed by atoms with Crippen LogP contribution in [0.4, 0.5) is 0 Å². The molecule has 3 aromatic rings. The number of methoxy groups -OCH3 is 1. The lowest BCUT2D eigenvalue weighted by Gasteiger charge is -2.24. The first kappa shape index (κ1) is 19.1. The lowest BCUT2D eigenvalue weighted by Crippen LogP contribution is -2.36. The maximum atomic E-state index is 13.7. The molecule has 1 fully saturated rings. The third-order valence-corrected chi connectivity index (χ3v) is 5.62. The molecule has 1 aliphatic heterocycles. The molecule has 4 rings (SSSR count). The van der Waals surface area contributed by atoms with Gasteiger partial charge in [0.1, 0.15) is 6.04 Å². The summed E-state index contributed by atoms with van der Waals surface area (Å²) in [7, 11) is 1.38. The van der Waals surface area contributed by atoms with Crippen LogP contribution in [0, 0.1) is 5.92 Å². The molecule has 0 unspecified atom stereocenters. The van der Waals surface area contributed by atoms with Crippen molar-refractivity contribution in [3.63, 3.8) is 0 Å². The van der Waals surface area contributed by atoms with Crippen molar-refractivity contribution in [2.75, 3.05) is 7.11 Å². The lowest BCUT2D eigenvalue weighted by atomic mass is 9.76. The van der Waals surface area contributed by atoms with Crippen LogP contribution in [0.3, 0.4) is 0 Å². The molecule has 1 heterocycles. The Morgan fingerprint density at radius 3 is 1.83 bits per heavy atom. The van der Waals surface area contributed by atoms with Gasteiger partial charge in [0.15, 0.2) is 5.78 Å². The van der Waals surface area contributed by atoms with Crippen molar-refractivity contribution in [3.8, 4) is 0 Å². The van der Waals surface area contributed by atoms with Crippen molar-refractivity contribution in [3.05, 3.63) is 108 Å². The number of benzene rings is 3. The molecule has 0 radical (unpaired) electrons. The molecule has 4 heteroatoms. The highest BCUT2D eigenvalue weighted by Crippen LogP contribution is 2.45. The van der Waals surface area contributed by atoms with Gasteiger partial charge in [-0.25, -0.2) is 0 Å². The zero-order valence-electron chi connectivity index (χ0n) is 16.2. The van der Waals surface area contributed by atoms with E-state index in [2.05, 4.69) is 5.32 Å². The van der Waals surface area contributed by atoms with Gasteiger partial charge in [0, 0.05) is 17.5 Å². The molecular formula is C25H23NO3. The van der Waals surface area contributed by atoms with Crippen LogP contribution in [0.5, 0.6) is 0 Å². The smallest absolute Gasteiger partial charge is 0.323 e. The third-order valence-electron chi connectivity index (χ3n) is 5.62. The molecule has 1 N–H and O–H groups in total. The highest BCUT2D eigenvalue weighted by molar-refractivity contribution is 6.00. The van der Waals surface area contributed by atoms with Crippen molar-refractivity contribution in [2.45, 2.75) is 18.0 Å². The SMILES string of the molecule is COC(=O)[C@H]1N[C@@H](c2ccccc2)[C@@H](C(=O)c2ccccc2)[C@@H]1c1ccccc1. The molecule has 0 amide bonds. The molecule has 3 aromatic carbocycles. The minimum atomic E-state index is -0.606. The number of nitrogens with one attached hydrogen (secondary N) is 1. The average Bonchev–Trinajstić information content (AvgIpc) is 3.20. The van der Waals surface area contributed by atoms with E-state index in [0.717, 1.165) is 11.1 Å². The summed E-state index contributed by atoms with van der Waals surface area (Å²) in [4.78, 5) is 26.4. The van der Waals surface area contributed by atoms with Gasteiger partial charge < -0.3 is 4.74 Å². The Kier molecular flexibility index (Phi) is 5.54. The quantitative estimate of drug-likeness (QED) is 0.529. The standard InChI is InChI=1S/C25H23NO3/c1-29-25(28)23-20(17-11-5-2-6-12-17)21(24(27)19-15-9-4-10-16-19)22(26-23)18-13-7-3-8-14-18/h2-16,20-23,26H,1H3/t20-,21-,22-,23-/m0/s1. The summed E-state index contributed by atoms with van der Waals surface area (Å²) in [6, 6.07) is 28.0. The zero-order valence-corrected chi connectivity index (χ0v) is 16.2. The summed E-state index contributed by atoms with van der Waals surface area (Å²) in [6.07, 6.45) is 0. The minimum Gasteiger partial charge on any atom is -0.468 e. The van der Waals surface area contributed by atoms with Crippen molar-refractivity contribution >= 4 is 11.8 Å². The fourth-order valence-corrected chi connectivity index (χ4v) is 4.31. The first-order valence-electron chi connectivity index (χ1n) is 9.73. The summed E-state index contributed by atoms with van der Waals surface area (Å²) in [5.74, 6) is -1.11. The fourth-order valence-electron chi connectivity index (χ4n) is 4.31. The molecular weight excluding hydrogens is 362 g/mol. The Hall–Kier alpha value is -3.24. The van der Waals surface area contributed by atoms with E-state index in [4.69, 9.17) is 4.74 Å². The van der Waals surface area contributed by atoms with E-state index in [1.165, 1.54) is 7.11 Å². The number of Topliss-reactive ketones (excluding diaryl/α,β-unsaturated/α-hetero) is 1. The van der Waals surface area contributed by atoms with Crippen LogP contribution in [0.15, 0.2) is 91.0 Å². The van der Waals surface area contributed by atoms with E-state index < -0.39 is 12.0 Å². The van der Waals surface area contributed by atoms with E-state index in [-0.39, 0.29) is 23.7 Å². The van der Waals surface area contributed by atoms with Crippen LogP contribution < -0.4 is 5.32 Å². The molecule has 0 aliphatic carbocycles. The number of hydrogen-bond donors (Lipinski definition) is 1. The molecule has 29 heavy (non-hydrogen) atoms. The number of hydrogen-bond acceptors (Lipinski definition) is 4. The normalized spacial score (nSPS) is 23.5. The number of carbonyl (C=O) groups is 2. The summed E-state index contributed by atoms with van der Waals surface area (Å²) in [5, 5.41) is 3.41. The minimum absolute atomic E-state index is 0.0206. The van der Waals surface area contributed by atoms with E-state index in [1.54, 1.807) is 0 Å². The van der Waals surface area contributed by atoms with Gasteiger partial charge in [0.2, 0.25) is 0 Å². The molecule has 0 spiro atoms. The topological polar surface area (TPSA) is 55.4 Å². The van der Waals surface area contributed by atoms with E-state index in [9.17, 15) is 9.59 Å². The molecule has 0 saturated carbocycles. The highest BCUT2D eigenvalue weighted by Gasteiger charge is 2.51. The summed E-state index contributed by atoms with van der Waals surface area (Å²) < 4.78 is 5.09. The monoisotopic (exact) mass is 385 g/mol. The Labute approximate surface area is 170 Å². The van der Waals surface area contributed by atoms with Crippen molar-refractivity contribution in [1.82, 2.24) is 5.32 Å². The van der Waals surface area contributed by atoms with Gasteiger partial charge in [-0.1, -0.05) is 91.0 Å². The zero-order chi connectivity index (χ0) is 20.2. The Balaban J connectivity index is 1.85. The molecule has 1 aliphatic rings. The number of carbonyl (C=O) groups excluding carboxylic acids is 2. The first-order chi connectivity index (χ1) is 14.2. The molecule has 0 bridgehead atoms. The van der Waals surface area contributed by atoms with Crippen LogP contribution in [-0.2, 0) is 9.53 Å². The molecule has 4 nitrogen and oxygen atoms in total. The van der Waals surface area contributed by atoms with Gasteiger partial charge in [0.25, 0.3) is 0 Å². The predicted octanol–water partition coefficient (Wildman–Crippen LogP) is 4.16. The number of rotatable bonds is 5. The van der Waals surface area contributed by atoms with Gasteiger partial charge in [-0.15, -0.1) is 0 Å². The average molecular weight is 385 g/mol. The van der Waals surface area contributed by atoms with Gasteiger partial charge in [-0.2, -0.15) is 0 Å². The first-order valence-corrected chi connectivity index (χ1v) is 9.73. The molecule has 1 saturated heterocycles. The second kappa shape index (κ2) is 8.41. The van der Waals surface area contributed by atoms with Crippen molar-refractivity contribution in [1.29, 1.82) is 0 Å². The molecule has 0 aromatic heterocycles.